The number of allylic oxidation sites excluding steroid dienone is 1. The normalized spacial score (nSPS) is 13.7. The van der Waals surface area contributed by atoms with E-state index in [1.54, 1.807) is 0 Å². The fourth-order valence-corrected chi connectivity index (χ4v) is 2.22. The molecule has 1 aromatic rings. The minimum Gasteiger partial charge on any atom is -0.517 e. The fraction of sp³-hybridized carbons (Fsp3) is 0.500. The van der Waals surface area contributed by atoms with Crippen LogP contribution in [0.4, 0.5) is 0 Å². The predicted octanol–water partition coefficient (Wildman–Crippen LogP) is 4.38. The van der Waals surface area contributed by atoms with Gasteiger partial charge in [0.05, 0.1) is 6.61 Å². The van der Waals surface area contributed by atoms with Gasteiger partial charge in [0.2, 0.25) is 0 Å². The molecule has 0 atom stereocenters. The quantitative estimate of drug-likeness (QED) is 0.400. The Morgan fingerprint density at radius 1 is 1.10 bits per heavy atom. The van der Waals surface area contributed by atoms with Gasteiger partial charge in [-0.2, -0.15) is 0 Å². The first-order valence-electron chi connectivity index (χ1n) is 7.60. The molecule has 1 heterocycles. The van der Waals surface area contributed by atoms with E-state index in [4.69, 9.17) is 14.0 Å². The Kier molecular flexibility index (Phi) is 5.84. The largest absolute Gasteiger partial charge is 0.669 e. The second kappa shape index (κ2) is 7.88. The maximum absolute atomic E-state index is 5.78. The molecule has 4 heteroatoms. The summed E-state index contributed by atoms with van der Waals surface area (Å²) in [5.41, 5.74) is 0.792. The van der Waals surface area contributed by atoms with E-state index in [0.717, 1.165) is 23.6 Å². The number of fused-ring (bicyclic) bond motifs is 1. The lowest BCUT2D eigenvalue weighted by Crippen LogP contribution is -2.29. The van der Waals surface area contributed by atoms with E-state index >= 15 is 0 Å². The first-order chi connectivity index (χ1) is 9.85. The van der Waals surface area contributed by atoms with E-state index in [1.807, 2.05) is 31.2 Å². The van der Waals surface area contributed by atoms with Crippen molar-refractivity contribution in [1.82, 2.24) is 0 Å². The molecular formula is C16H23BO3. The Morgan fingerprint density at radius 3 is 2.40 bits per heavy atom. The number of rotatable bonds is 8. The van der Waals surface area contributed by atoms with Crippen LogP contribution in [0.1, 0.15) is 46.0 Å². The van der Waals surface area contributed by atoms with Crippen LogP contribution in [-0.2, 0) is 4.74 Å². The number of hydrogen-bond donors (Lipinski definition) is 0. The smallest absolute Gasteiger partial charge is 0.517 e. The Morgan fingerprint density at radius 2 is 1.80 bits per heavy atom. The second-order valence-electron chi connectivity index (χ2n) is 4.90. The van der Waals surface area contributed by atoms with Crippen LogP contribution >= 0.6 is 0 Å². The maximum atomic E-state index is 5.78. The van der Waals surface area contributed by atoms with Crippen molar-refractivity contribution in [1.29, 1.82) is 0 Å². The average molecular weight is 274 g/mol. The molecule has 0 saturated heterocycles. The number of hydrogen-bond acceptors (Lipinski definition) is 3. The van der Waals surface area contributed by atoms with Crippen LogP contribution in [0, 0.1) is 0 Å². The van der Waals surface area contributed by atoms with Crippen molar-refractivity contribution in [3.8, 4) is 11.5 Å². The molecule has 0 spiro atoms. The Hall–Kier alpha value is -1.58. The van der Waals surface area contributed by atoms with Crippen LogP contribution in [0.15, 0.2) is 36.0 Å². The third-order valence-corrected chi connectivity index (χ3v) is 3.26. The molecule has 20 heavy (non-hydrogen) atoms. The summed E-state index contributed by atoms with van der Waals surface area (Å²) in [7, 11) is -0.432. The van der Waals surface area contributed by atoms with E-state index in [-0.39, 0.29) is 0 Å². The molecule has 0 N–H and O–H groups in total. The third kappa shape index (κ3) is 3.96. The van der Waals surface area contributed by atoms with Gasteiger partial charge in [0.25, 0.3) is 0 Å². The summed E-state index contributed by atoms with van der Waals surface area (Å²) >= 11 is 0. The van der Waals surface area contributed by atoms with E-state index in [2.05, 4.69) is 13.0 Å². The van der Waals surface area contributed by atoms with E-state index in [0.29, 0.717) is 6.61 Å². The molecule has 1 aliphatic rings. The summed E-state index contributed by atoms with van der Waals surface area (Å²) in [5.74, 6) is 1.57. The molecule has 3 nitrogen and oxygen atoms in total. The molecule has 0 aromatic heterocycles. The summed E-state index contributed by atoms with van der Waals surface area (Å²) in [4.78, 5) is 0. The zero-order valence-corrected chi connectivity index (χ0v) is 12.4. The molecule has 2 rings (SSSR count). The number of unbranched alkanes of at least 4 members (excludes halogenated alkanes) is 4. The van der Waals surface area contributed by atoms with Crippen LogP contribution in [0.2, 0.25) is 0 Å². The molecule has 0 unspecified atom stereocenters. The summed E-state index contributed by atoms with van der Waals surface area (Å²) in [5, 5.41) is 0. The minimum atomic E-state index is -0.432. The SMILES string of the molecule is CCCCCC/C=C(\OCC)B1Oc2ccccc2O1. The van der Waals surface area contributed by atoms with Crippen LogP contribution in [0.25, 0.3) is 0 Å². The highest BCUT2D eigenvalue weighted by Crippen LogP contribution is 2.34. The molecule has 0 saturated carbocycles. The minimum absolute atomic E-state index is 0.432. The number of para-hydroxylation sites is 2. The van der Waals surface area contributed by atoms with Crippen molar-refractivity contribution in [2.24, 2.45) is 0 Å². The molecule has 0 amide bonds. The fourth-order valence-electron chi connectivity index (χ4n) is 2.22. The van der Waals surface area contributed by atoms with Crippen LogP contribution < -0.4 is 9.31 Å². The van der Waals surface area contributed by atoms with Crippen LogP contribution in [0.5, 0.6) is 11.5 Å². The lowest BCUT2D eigenvalue weighted by Gasteiger charge is -2.10. The van der Waals surface area contributed by atoms with Gasteiger partial charge in [-0.15, -0.1) is 0 Å². The van der Waals surface area contributed by atoms with E-state index in [9.17, 15) is 0 Å². The molecule has 108 valence electrons. The van der Waals surface area contributed by atoms with Gasteiger partial charge in [-0.05, 0) is 38.0 Å². The first-order valence-corrected chi connectivity index (χ1v) is 7.60. The lowest BCUT2D eigenvalue weighted by molar-refractivity contribution is 0.236. The molecule has 0 fully saturated rings. The van der Waals surface area contributed by atoms with E-state index in [1.165, 1.54) is 25.7 Å². The summed E-state index contributed by atoms with van der Waals surface area (Å²) in [6, 6.07) is 7.72. The second-order valence-corrected chi connectivity index (χ2v) is 4.90. The van der Waals surface area contributed by atoms with Crippen molar-refractivity contribution >= 4 is 7.12 Å². The van der Waals surface area contributed by atoms with Gasteiger partial charge < -0.3 is 14.0 Å². The number of ether oxygens (including phenoxy) is 1. The van der Waals surface area contributed by atoms with Gasteiger partial charge in [0.15, 0.2) is 5.66 Å². The molecule has 0 bridgehead atoms. The molecule has 0 radical (unpaired) electrons. The topological polar surface area (TPSA) is 27.7 Å². The molecular weight excluding hydrogens is 251 g/mol. The van der Waals surface area contributed by atoms with Gasteiger partial charge in [-0.3, -0.25) is 0 Å². The van der Waals surface area contributed by atoms with Gasteiger partial charge in [-0.25, -0.2) is 0 Å². The molecule has 1 aliphatic heterocycles. The van der Waals surface area contributed by atoms with Gasteiger partial charge in [-0.1, -0.05) is 38.3 Å². The summed E-state index contributed by atoms with van der Waals surface area (Å²) in [6.45, 7) is 4.83. The molecule has 0 aliphatic carbocycles. The summed E-state index contributed by atoms with van der Waals surface area (Å²) < 4.78 is 17.2. The lowest BCUT2D eigenvalue weighted by atomic mass is 9.86. The maximum Gasteiger partial charge on any atom is 0.669 e. The zero-order valence-electron chi connectivity index (χ0n) is 12.4. The van der Waals surface area contributed by atoms with Crippen LogP contribution in [0.3, 0.4) is 0 Å². The van der Waals surface area contributed by atoms with Gasteiger partial charge >= 0.3 is 7.12 Å². The highest BCUT2D eigenvalue weighted by Gasteiger charge is 2.37. The van der Waals surface area contributed by atoms with Gasteiger partial charge in [0.1, 0.15) is 11.5 Å². The van der Waals surface area contributed by atoms with Crippen molar-refractivity contribution in [3.63, 3.8) is 0 Å². The Bertz CT molecular complexity index is 420. The van der Waals surface area contributed by atoms with Crippen molar-refractivity contribution in [2.75, 3.05) is 6.61 Å². The van der Waals surface area contributed by atoms with E-state index < -0.39 is 7.12 Å². The standard InChI is InChI=1S/C16H23BO3/c1-3-5-6-7-8-13-16(18-4-2)17-19-14-11-9-10-12-15(14)20-17/h9-13H,3-8H2,1-2H3/b16-13-. The number of benzene rings is 1. The third-order valence-electron chi connectivity index (χ3n) is 3.26. The average Bonchev–Trinajstić information content (AvgIpc) is 2.89. The highest BCUT2D eigenvalue weighted by atomic mass is 16.6. The monoisotopic (exact) mass is 274 g/mol. The highest BCUT2D eigenvalue weighted by molar-refractivity contribution is 6.55. The van der Waals surface area contributed by atoms with Crippen molar-refractivity contribution < 1.29 is 14.0 Å². The van der Waals surface area contributed by atoms with Gasteiger partial charge in [0, 0.05) is 0 Å². The zero-order chi connectivity index (χ0) is 14.2. The van der Waals surface area contributed by atoms with Crippen molar-refractivity contribution in [2.45, 2.75) is 46.0 Å². The molecule has 1 aromatic carbocycles. The predicted molar refractivity (Wildman–Crippen MR) is 81.9 cm³/mol. The summed E-state index contributed by atoms with van der Waals surface area (Å²) in [6.07, 6.45) is 8.11. The Balaban J connectivity index is 1.91. The Labute approximate surface area is 122 Å². The first kappa shape index (κ1) is 14.8. The van der Waals surface area contributed by atoms with Crippen LogP contribution in [-0.4, -0.2) is 13.7 Å². The van der Waals surface area contributed by atoms with Crippen molar-refractivity contribution in [3.05, 3.63) is 36.0 Å².